The van der Waals surface area contributed by atoms with E-state index < -0.39 is 0 Å². The van der Waals surface area contributed by atoms with Gasteiger partial charge in [0, 0.05) is 11.1 Å². The van der Waals surface area contributed by atoms with Crippen LogP contribution >= 0.6 is 0 Å². The molecule has 0 heterocycles. The minimum absolute atomic E-state index is 0.0533. The van der Waals surface area contributed by atoms with Gasteiger partial charge >= 0.3 is 0 Å². The third-order valence-electron chi connectivity index (χ3n) is 3.95. The molecule has 3 rings (SSSR count). The molecule has 26 heavy (non-hydrogen) atoms. The van der Waals surface area contributed by atoms with Crippen molar-refractivity contribution >= 4 is 22.3 Å². The molecule has 0 aliphatic heterocycles. The van der Waals surface area contributed by atoms with Gasteiger partial charge in [-0.2, -0.15) is 0 Å². The molecule has 0 aliphatic carbocycles. The van der Waals surface area contributed by atoms with Crippen LogP contribution in [0.15, 0.2) is 60.7 Å². The third kappa shape index (κ3) is 4.93. The lowest BCUT2D eigenvalue weighted by Gasteiger charge is -2.02. The maximum atomic E-state index is 11.2. The molecule has 0 amide bonds. The Balaban J connectivity index is 0.000000209. The summed E-state index contributed by atoms with van der Waals surface area (Å²) in [5.41, 5.74) is 1.39. The number of rotatable bonds is 4. The van der Waals surface area contributed by atoms with Gasteiger partial charge in [-0.25, -0.2) is 0 Å². The van der Waals surface area contributed by atoms with E-state index in [0.717, 1.165) is 22.3 Å². The van der Waals surface area contributed by atoms with Crippen LogP contribution < -0.4 is 9.47 Å². The average Bonchev–Trinajstić information content (AvgIpc) is 2.67. The number of hydrogen-bond acceptors (Lipinski definition) is 4. The van der Waals surface area contributed by atoms with E-state index >= 15 is 0 Å². The number of carbonyl (C=O) groups excluding carboxylic acids is 2. The average molecular weight is 350 g/mol. The maximum absolute atomic E-state index is 11.2. The summed E-state index contributed by atoms with van der Waals surface area (Å²) in [6.45, 7) is 3.09. The normalized spacial score (nSPS) is 9.85. The molecule has 3 aromatic rings. The fraction of sp³-hybridized carbons (Fsp3) is 0.182. The summed E-state index contributed by atoms with van der Waals surface area (Å²) in [5.74, 6) is 1.80. The summed E-state index contributed by atoms with van der Waals surface area (Å²) in [6, 6.07) is 18.5. The monoisotopic (exact) mass is 350 g/mol. The number of carbonyl (C=O) groups is 2. The summed E-state index contributed by atoms with van der Waals surface area (Å²) in [6.07, 6.45) is 0. The van der Waals surface area contributed by atoms with Gasteiger partial charge in [0.2, 0.25) is 0 Å². The van der Waals surface area contributed by atoms with E-state index in [9.17, 15) is 9.59 Å². The van der Waals surface area contributed by atoms with Gasteiger partial charge in [0.05, 0.1) is 14.2 Å². The quantitative estimate of drug-likeness (QED) is 0.625. The molecular weight excluding hydrogens is 328 g/mol. The molecule has 4 heteroatoms. The van der Waals surface area contributed by atoms with Crippen LogP contribution in [0.4, 0.5) is 0 Å². The molecule has 0 bridgehead atoms. The minimum Gasteiger partial charge on any atom is -0.497 e. The van der Waals surface area contributed by atoms with Crippen LogP contribution in [0.5, 0.6) is 11.5 Å². The zero-order valence-corrected chi connectivity index (χ0v) is 15.4. The van der Waals surface area contributed by atoms with Crippen molar-refractivity contribution in [3.63, 3.8) is 0 Å². The van der Waals surface area contributed by atoms with E-state index in [4.69, 9.17) is 9.47 Å². The smallest absolute Gasteiger partial charge is 0.159 e. The van der Waals surface area contributed by atoms with E-state index in [1.54, 1.807) is 40.2 Å². The Bertz CT molecular complexity index is 835. The van der Waals surface area contributed by atoms with E-state index in [2.05, 4.69) is 0 Å². The van der Waals surface area contributed by atoms with E-state index in [1.165, 1.54) is 0 Å². The molecule has 0 aromatic heterocycles. The summed E-state index contributed by atoms with van der Waals surface area (Å²) in [4.78, 5) is 22.4. The van der Waals surface area contributed by atoms with Crippen molar-refractivity contribution in [2.24, 2.45) is 0 Å². The van der Waals surface area contributed by atoms with Gasteiger partial charge in [0.15, 0.2) is 11.6 Å². The Morgan fingerprint density at radius 1 is 0.615 bits per heavy atom. The molecule has 0 N–H and O–H groups in total. The zero-order valence-electron chi connectivity index (χ0n) is 15.4. The highest BCUT2D eigenvalue weighted by atomic mass is 16.5. The second-order valence-corrected chi connectivity index (χ2v) is 5.77. The highest BCUT2D eigenvalue weighted by Crippen LogP contribution is 2.18. The summed E-state index contributed by atoms with van der Waals surface area (Å²) < 4.78 is 9.92. The predicted octanol–water partition coefficient (Wildman–Crippen LogP) is 4.95. The third-order valence-corrected chi connectivity index (χ3v) is 3.95. The largest absolute Gasteiger partial charge is 0.497 e. The van der Waals surface area contributed by atoms with E-state index in [0.29, 0.717) is 11.1 Å². The first-order valence-electron chi connectivity index (χ1n) is 8.18. The van der Waals surface area contributed by atoms with Gasteiger partial charge in [-0.15, -0.1) is 0 Å². The van der Waals surface area contributed by atoms with Crippen LogP contribution in [0.1, 0.15) is 34.6 Å². The number of ether oxygens (including phenoxy) is 2. The van der Waals surface area contributed by atoms with Gasteiger partial charge in [-0.1, -0.05) is 24.3 Å². The summed E-state index contributed by atoms with van der Waals surface area (Å²) in [5, 5.41) is 1.97. The van der Waals surface area contributed by atoms with Crippen molar-refractivity contribution in [3.05, 3.63) is 71.8 Å². The van der Waals surface area contributed by atoms with Crippen molar-refractivity contribution in [2.45, 2.75) is 13.8 Å². The number of fused-ring (bicyclic) bond motifs is 1. The molecular formula is C22H22O4. The lowest BCUT2D eigenvalue weighted by Crippen LogP contribution is -1.93. The van der Waals surface area contributed by atoms with Crippen LogP contribution in [0, 0.1) is 0 Å². The minimum atomic E-state index is 0.0533. The molecule has 4 nitrogen and oxygen atoms in total. The molecule has 3 aromatic carbocycles. The fourth-order valence-corrected chi connectivity index (χ4v) is 2.40. The predicted molar refractivity (Wildman–Crippen MR) is 104 cm³/mol. The Kier molecular flexibility index (Phi) is 6.50. The molecule has 0 saturated heterocycles. The van der Waals surface area contributed by atoms with Gasteiger partial charge in [-0.3, -0.25) is 9.59 Å². The fourth-order valence-electron chi connectivity index (χ4n) is 2.40. The highest BCUT2D eigenvalue weighted by molar-refractivity contribution is 6.01. The van der Waals surface area contributed by atoms with Crippen LogP contribution in [-0.2, 0) is 0 Å². The number of methoxy groups -OCH3 is 2. The summed E-state index contributed by atoms with van der Waals surface area (Å²) >= 11 is 0. The lowest BCUT2D eigenvalue weighted by molar-refractivity contribution is 0.100. The Morgan fingerprint density at radius 3 is 1.23 bits per heavy atom. The zero-order chi connectivity index (χ0) is 19.1. The first kappa shape index (κ1) is 19.2. The van der Waals surface area contributed by atoms with E-state index in [-0.39, 0.29) is 11.6 Å². The molecule has 0 radical (unpaired) electrons. The maximum Gasteiger partial charge on any atom is 0.159 e. The van der Waals surface area contributed by atoms with Crippen LogP contribution in [0.3, 0.4) is 0 Å². The molecule has 0 fully saturated rings. The standard InChI is InChI=1S/C14H12O2.C8H10O2/c1-9(15)11-3-5-14-8-12(10(2)16)4-6-13(14)7-11;1-9-7-3-5-8(10-2)6-4-7/h3-8H,1-2H3;3-6H,1-2H3. The first-order valence-corrected chi connectivity index (χ1v) is 8.18. The number of ketones is 2. The lowest BCUT2D eigenvalue weighted by atomic mass is 10.0. The molecule has 0 spiro atoms. The number of Topliss-reactive ketones (excluding diaryl/α,β-unsaturated/α-hetero) is 2. The number of hydrogen-bond donors (Lipinski definition) is 0. The molecule has 0 atom stereocenters. The van der Waals surface area contributed by atoms with Crippen molar-refractivity contribution in [3.8, 4) is 11.5 Å². The Morgan fingerprint density at radius 2 is 0.962 bits per heavy atom. The second kappa shape index (κ2) is 8.81. The van der Waals surface area contributed by atoms with Crippen LogP contribution in [0.2, 0.25) is 0 Å². The Hall–Kier alpha value is -3.14. The molecule has 0 saturated carbocycles. The van der Waals surface area contributed by atoms with Crippen molar-refractivity contribution in [2.75, 3.05) is 14.2 Å². The SMILES string of the molecule is CC(=O)c1ccc2cc(C(C)=O)ccc2c1.COc1ccc(OC)cc1. The van der Waals surface area contributed by atoms with Gasteiger partial charge in [-0.05, 0) is 61.0 Å². The van der Waals surface area contributed by atoms with Crippen molar-refractivity contribution in [1.29, 1.82) is 0 Å². The van der Waals surface area contributed by atoms with Gasteiger partial charge < -0.3 is 9.47 Å². The van der Waals surface area contributed by atoms with Gasteiger partial charge in [0.1, 0.15) is 11.5 Å². The number of benzene rings is 3. The summed E-state index contributed by atoms with van der Waals surface area (Å²) in [7, 11) is 3.28. The second-order valence-electron chi connectivity index (χ2n) is 5.77. The molecule has 134 valence electrons. The van der Waals surface area contributed by atoms with Crippen LogP contribution in [-0.4, -0.2) is 25.8 Å². The van der Waals surface area contributed by atoms with Crippen molar-refractivity contribution < 1.29 is 19.1 Å². The first-order chi connectivity index (χ1) is 12.4. The molecule has 0 aliphatic rings. The molecule has 0 unspecified atom stereocenters. The van der Waals surface area contributed by atoms with E-state index in [1.807, 2.05) is 48.5 Å². The highest BCUT2D eigenvalue weighted by Gasteiger charge is 2.03. The Labute approximate surface area is 153 Å². The van der Waals surface area contributed by atoms with Crippen LogP contribution in [0.25, 0.3) is 10.8 Å². The van der Waals surface area contributed by atoms with Crippen molar-refractivity contribution in [1.82, 2.24) is 0 Å². The van der Waals surface area contributed by atoms with Gasteiger partial charge in [0.25, 0.3) is 0 Å². The topological polar surface area (TPSA) is 52.6 Å².